The third kappa shape index (κ3) is 4.15. The molecule has 1 saturated carbocycles. The number of fused-ring (bicyclic) bond motifs is 1. The number of rotatable bonds is 6. The fourth-order valence-electron chi connectivity index (χ4n) is 2.59. The summed E-state index contributed by atoms with van der Waals surface area (Å²) >= 11 is 0. The monoisotopic (exact) mass is 340 g/mol. The minimum Gasteiger partial charge on any atom is -0.469 e. The van der Waals surface area contributed by atoms with Crippen LogP contribution < -0.4 is 10.6 Å². The van der Waals surface area contributed by atoms with Gasteiger partial charge < -0.3 is 15.4 Å². The van der Waals surface area contributed by atoms with Crippen LogP contribution in [0.3, 0.4) is 0 Å². The Hall–Kier alpha value is -2.89. The molecule has 25 heavy (non-hydrogen) atoms. The first-order chi connectivity index (χ1) is 12.1. The number of anilines is 1. The van der Waals surface area contributed by atoms with Crippen molar-refractivity contribution in [2.45, 2.75) is 19.3 Å². The average Bonchev–Trinajstić information content (AvgIpc) is 3.46. The first kappa shape index (κ1) is 17.0. The SMILES string of the molecule is COC(=O)CCNC(=O)c1cc2ccccc2cc1NC(=O)C1CC1. The van der Waals surface area contributed by atoms with Crippen LogP contribution in [0.2, 0.25) is 0 Å². The van der Waals surface area contributed by atoms with Crippen molar-refractivity contribution in [2.24, 2.45) is 5.92 Å². The lowest BCUT2D eigenvalue weighted by molar-refractivity contribution is -0.140. The number of ether oxygens (including phenoxy) is 1. The van der Waals surface area contributed by atoms with Crippen molar-refractivity contribution in [1.82, 2.24) is 5.32 Å². The largest absolute Gasteiger partial charge is 0.469 e. The Morgan fingerprint density at radius 1 is 1.12 bits per heavy atom. The molecule has 0 atom stereocenters. The number of carbonyl (C=O) groups is 3. The lowest BCUT2D eigenvalue weighted by Crippen LogP contribution is -2.28. The van der Waals surface area contributed by atoms with Crippen LogP contribution in [0.25, 0.3) is 10.8 Å². The van der Waals surface area contributed by atoms with Gasteiger partial charge in [0.25, 0.3) is 5.91 Å². The van der Waals surface area contributed by atoms with E-state index in [0.717, 1.165) is 23.6 Å². The first-order valence-corrected chi connectivity index (χ1v) is 8.27. The van der Waals surface area contributed by atoms with Gasteiger partial charge in [0.15, 0.2) is 0 Å². The van der Waals surface area contributed by atoms with E-state index in [4.69, 9.17) is 0 Å². The molecule has 0 unspecified atom stereocenters. The van der Waals surface area contributed by atoms with Crippen LogP contribution in [0.1, 0.15) is 29.6 Å². The third-order valence-corrected chi connectivity index (χ3v) is 4.18. The number of methoxy groups -OCH3 is 1. The van der Waals surface area contributed by atoms with E-state index in [1.165, 1.54) is 7.11 Å². The van der Waals surface area contributed by atoms with Crippen molar-refractivity contribution in [1.29, 1.82) is 0 Å². The molecule has 2 amide bonds. The summed E-state index contributed by atoms with van der Waals surface area (Å²) in [5.74, 6) is -0.734. The number of esters is 1. The van der Waals surface area contributed by atoms with Crippen LogP contribution in [0, 0.1) is 5.92 Å². The van der Waals surface area contributed by atoms with Crippen LogP contribution in [0.4, 0.5) is 5.69 Å². The smallest absolute Gasteiger partial charge is 0.307 e. The maximum Gasteiger partial charge on any atom is 0.307 e. The van der Waals surface area contributed by atoms with E-state index in [0.29, 0.717) is 11.3 Å². The first-order valence-electron chi connectivity index (χ1n) is 8.27. The minimum absolute atomic E-state index is 0.0432. The van der Waals surface area contributed by atoms with Crippen LogP contribution in [-0.4, -0.2) is 31.4 Å². The highest BCUT2D eigenvalue weighted by Crippen LogP contribution is 2.31. The van der Waals surface area contributed by atoms with Crippen molar-refractivity contribution < 1.29 is 19.1 Å². The second kappa shape index (κ2) is 7.34. The Morgan fingerprint density at radius 2 is 1.80 bits per heavy atom. The Labute approximate surface area is 145 Å². The van der Waals surface area contributed by atoms with E-state index in [1.54, 1.807) is 6.07 Å². The molecule has 0 spiro atoms. The van der Waals surface area contributed by atoms with E-state index in [-0.39, 0.29) is 36.7 Å². The molecular formula is C19H20N2O4. The maximum atomic E-state index is 12.5. The van der Waals surface area contributed by atoms with E-state index >= 15 is 0 Å². The van der Waals surface area contributed by atoms with Gasteiger partial charge >= 0.3 is 5.97 Å². The number of amides is 2. The molecule has 2 aromatic rings. The molecule has 0 aliphatic heterocycles. The molecule has 1 aliphatic carbocycles. The van der Waals surface area contributed by atoms with E-state index in [2.05, 4.69) is 15.4 Å². The van der Waals surface area contributed by atoms with Crippen molar-refractivity contribution >= 4 is 34.2 Å². The normalized spacial score (nSPS) is 13.3. The van der Waals surface area contributed by atoms with Gasteiger partial charge in [-0.3, -0.25) is 14.4 Å². The number of nitrogens with one attached hydrogen (secondary N) is 2. The number of hydrogen-bond acceptors (Lipinski definition) is 4. The van der Waals surface area contributed by atoms with E-state index < -0.39 is 0 Å². The van der Waals surface area contributed by atoms with Gasteiger partial charge in [0, 0.05) is 12.5 Å². The Morgan fingerprint density at radius 3 is 2.44 bits per heavy atom. The lowest BCUT2D eigenvalue weighted by Gasteiger charge is -2.13. The molecule has 1 fully saturated rings. The van der Waals surface area contributed by atoms with Gasteiger partial charge in [-0.05, 0) is 35.7 Å². The Balaban J connectivity index is 1.83. The van der Waals surface area contributed by atoms with E-state index in [1.807, 2.05) is 30.3 Å². The van der Waals surface area contributed by atoms with Crippen molar-refractivity contribution in [3.8, 4) is 0 Å². The van der Waals surface area contributed by atoms with Crippen LogP contribution in [-0.2, 0) is 14.3 Å². The van der Waals surface area contributed by atoms with Gasteiger partial charge in [-0.2, -0.15) is 0 Å². The van der Waals surface area contributed by atoms with Gasteiger partial charge in [0.05, 0.1) is 24.8 Å². The highest BCUT2D eigenvalue weighted by molar-refractivity contribution is 6.08. The van der Waals surface area contributed by atoms with Crippen LogP contribution in [0.5, 0.6) is 0 Å². The van der Waals surface area contributed by atoms with E-state index in [9.17, 15) is 14.4 Å². The molecule has 3 rings (SSSR count). The maximum absolute atomic E-state index is 12.5. The molecule has 0 bridgehead atoms. The lowest BCUT2D eigenvalue weighted by atomic mass is 10.0. The highest BCUT2D eigenvalue weighted by Gasteiger charge is 2.30. The van der Waals surface area contributed by atoms with Crippen molar-refractivity contribution in [3.63, 3.8) is 0 Å². The summed E-state index contributed by atoms with van der Waals surface area (Å²) in [6.45, 7) is 0.175. The van der Waals surface area contributed by atoms with Gasteiger partial charge in [-0.15, -0.1) is 0 Å². The summed E-state index contributed by atoms with van der Waals surface area (Å²) in [6.07, 6.45) is 1.87. The molecule has 0 radical (unpaired) electrons. The fourth-order valence-corrected chi connectivity index (χ4v) is 2.59. The molecular weight excluding hydrogens is 320 g/mol. The zero-order valence-electron chi connectivity index (χ0n) is 14.0. The number of hydrogen-bond donors (Lipinski definition) is 2. The summed E-state index contributed by atoms with van der Waals surface area (Å²) in [5, 5.41) is 7.41. The second-order valence-corrected chi connectivity index (χ2v) is 6.09. The summed E-state index contributed by atoms with van der Waals surface area (Å²) in [6, 6.07) is 11.2. The van der Waals surface area contributed by atoms with Crippen LogP contribution >= 0.6 is 0 Å². The molecule has 2 aromatic carbocycles. The van der Waals surface area contributed by atoms with Gasteiger partial charge in [-0.1, -0.05) is 24.3 Å². The van der Waals surface area contributed by atoms with Crippen LogP contribution in [0.15, 0.2) is 36.4 Å². The van der Waals surface area contributed by atoms with Crippen molar-refractivity contribution in [3.05, 3.63) is 42.0 Å². The number of carbonyl (C=O) groups excluding carboxylic acids is 3. The molecule has 1 aliphatic rings. The topological polar surface area (TPSA) is 84.5 Å². The fraction of sp³-hybridized carbons (Fsp3) is 0.316. The molecule has 0 heterocycles. The summed E-state index contributed by atoms with van der Waals surface area (Å²) < 4.78 is 4.56. The standard InChI is InChI=1S/C19H20N2O4/c1-25-17(22)8-9-20-19(24)15-10-13-4-2-3-5-14(13)11-16(15)21-18(23)12-6-7-12/h2-5,10-12H,6-9H2,1H3,(H,20,24)(H,21,23). The highest BCUT2D eigenvalue weighted by atomic mass is 16.5. The van der Waals surface area contributed by atoms with Gasteiger partial charge in [0.1, 0.15) is 0 Å². The molecule has 6 nitrogen and oxygen atoms in total. The third-order valence-electron chi connectivity index (χ3n) is 4.18. The molecule has 0 saturated heterocycles. The zero-order chi connectivity index (χ0) is 17.8. The Kier molecular flexibility index (Phi) is 4.97. The molecule has 130 valence electrons. The zero-order valence-corrected chi connectivity index (χ0v) is 14.0. The second-order valence-electron chi connectivity index (χ2n) is 6.09. The number of benzene rings is 2. The van der Waals surface area contributed by atoms with Gasteiger partial charge in [0.2, 0.25) is 5.91 Å². The predicted molar refractivity (Wildman–Crippen MR) is 94.3 cm³/mol. The predicted octanol–water partition coefficient (Wildman–Crippen LogP) is 2.48. The van der Waals surface area contributed by atoms with Gasteiger partial charge in [-0.25, -0.2) is 0 Å². The summed E-state index contributed by atoms with van der Waals surface area (Å²) in [5.41, 5.74) is 0.878. The summed E-state index contributed by atoms with van der Waals surface area (Å²) in [4.78, 5) is 35.8. The molecule has 6 heteroatoms. The summed E-state index contributed by atoms with van der Waals surface area (Å²) in [7, 11) is 1.30. The molecule has 2 N–H and O–H groups in total. The minimum atomic E-state index is -0.388. The average molecular weight is 340 g/mol. The molecule has 0 aromatic heterocycles. The van der Waals surface area contributed by atoms with Crippen molar-refractivity contribution in [2.75, 3.05) is 19.0 Å². The quantitative estimate of drug-likeness (QED) is 0.791. The Bertz CT molecular complexity index is 827.